The molecule has 1 fully saturated rings. The second-order valence-electron chi connectivity index (χ2n) is 6.12. The summed E-state index contributed by atoms with van der Waals surface area (Å²) >= 11 is -0.774. The molecule has 0 unspecified atom stereocenters. The Balaban J connectivity index is 2.19. The molecule has 0 aliphatic carbocycles. The molecule has 122 valence electrons. The standard InChI is InChI=1S/C16H22FNO3S/c1-11(2)10-18(16(19)20)13-3-4-14(15(17)9-13)12-5-7-22(21)8-6-12/h3-4,9,11-12H,5-8,10H2,1-2H3,(H,19,20). The smallest absolute Gasteiger partial charge is 0.411 e. The highest BCUT2D eigenvalue weighted by molar-refractivity contribution is 7.91. The average Bonchev–Trinajstić information content (AvgIpc) is 2.45. The first-order valence-electron chi connectivity index (χ1n) is 7.53. The maximum Gasteiger partial charge on any atom is 0.411 e. The normalized spacial score (nSPS) is 21.9. The van der Waals surface area contributed by atoms with E-state index in [1.807, 2.05) is 13.8 Å². The minimum Gasteiger partial charge on any atom is -0.616 e. The fraction of sp³-hybridized carbons (Fsp3) is 0.562. The number of carbonyl (C=O) groups is 1. The largest absolute Gasteiger partial charge is 0.616 e. The highest BCUT2D eigenvalue weighted by Crippen LogP contribution is 2.32. The van der Waals surface area contributed by atoms with E-state index < -0.39 is 17.3 Å². The molecule has 0 saturated carbocycles. The molecule has 0 radical (unpaired) electrons. The average molecular weight is 327 g/mol. The lowest BCUT2D eigenvalue weighted by molar-refractivity contribution is 0.201. The predicted molar refractivity (Wildman–Crippen MR) is 86.5 cm³/mol. The number of rotatable bonds is 4. The lowest BCUT2D eigenvalue weighted by Gasteiger charge is -2.26. The van der Waals surface area contributed by atoms with Crippen molar-refractivity contribution in [1.82, 2.24) is 0 Å². The van der Waals surface area contributed by atoms with Gasteiger partial charge in [0, 0.05) is 12.2 Å². The van der Waals surface area contributed by atoms with Gasteiger partial charge in [-0.05, 0) is 42.4 Å². The predicted octanol–water partition coefficient (Wildman–Crippen LogP) is 3.59. The van der Waals surface area contributed by atoms with Crippen LogP contribution in [0, 0.1) is 11.7 Å². The van der Waals surface area contributed by atoms with Crippen LogP contribution >= 0.6 is 0 Å². The highest BCUT2D eigenvalue weighted by atomic mass is 32.2. The monoisotopic (exact) mass is 327 g/mol. The Morgan fingerprint density at radius 1 is 1.45 bits per heavy atom. The molecule has 1 aromatic carbocycles. The van der Waals surface area contributed by atoms with Gasteiger partial charge in [-0.3, -0.25) is 4.90 Å². The lowest BCUT2D eigenvalue weighted by Crippen LogP contribution is -2.33. The summed E-state index contributed by atoms with van der Waals surface area (Å²) in [6.45, 7) is 4.17. The van der Waals surface area contributed by atoms with Crippen LogP contribution in [0.5, 0.6) is 0 Å². The second-order valence-corrected chi connectivity index (χ2v) is 7.81. The van der Waals surface area contributed by atoms with Crippen molar-refractivity contribution in [1.29, 1.82) is 0 Å². The SMILES string of the molecule is CC(C)CN(C(=O)O)c1ccc(C2CC[S+]([O-])CC2)c(F)c1. The quantitative estimate of drug-likeness (QED) is 0.860. The van der Waals surface area contributed by atoms with Crippen LogP contribution < -0.4 is 4.90 Å². The molecule has 0 spiro atoms. The Kier molecular flexibility index (Phi) is 5.69. The zero-order valence-electron chi connectivity index (χ0n) is 12.9. The fourth-order valence-electron chi connectivity index (χ4n) is 2.78. The van der Waals surface area contributed by atoms with E-state index in [4.69, 9.17) is 0 Å². The Morgan fingerprint density at radius 3 is 2.59 bits per heavy atom. The molecule has 1 aliphatic heterocycles. The van der Waals surface area contributed by atoms with Gasteiger partial charge in [-0.15, -0.1) is 0 Å². The number of hydrogen-bond donors (Lipinski definition) is 1. The molecular formula is C16H22FNO3S. The Bertz CT molecular complexity index is 530. The number of halogens is 1. The highest BCUT2D eigenvalue weighted by Gasteiger charge is 2.26. The van der Waals surface area contributed by atoms with E-state index in [0.29, 0.717) is 29.3 Å². The molecule has 1 aliphatic rings. The van der Waals surface area contributed by atoms with E-state index in [1.54, 1.807) is 12.1 Å². The number of benzene rings is 1. The van der Waals surface area contributed by atoms with E-state index in [2.05, 4.69) is 0 Å². The van der Waals surface area contributed by atoms with Gasteiger partial charge in [0.25, 0.3) is 0 Å². The number of carboxylic acid groups (broad SMARTS) is 1. The van der Waals surface area contributed by atoms with Crippen molar-refractivity contribution >= 4 is 23.0 Å². The van der Waals surface area contributed by atoms with Crippen molar-refractivity contribution < 1.29 is 18.8 Å². The molecule has 1 saturated heterocycles. The summed E-state index contributed by atoms with van der Waals surface area (Å²) in [5, 5.41) is 9.28. The molecular weight excluding hydrogens is 305 g/mol. The Morgan fingerprint density at radius 2 is 2.09 bits per heavy atom. The molecule has 1 aromatic rings. The minimum atomic E-state index is -1.08. The molecule has 0 aromatic heterocycles. The zero-order valence-corrected chi connectivity index (χ0v) is 13.7. The first kappa shape index (κ1) is 17.1. The first-order valence-corrected chi connectivity index (χ1v) is 9.02. The van der Waals surface area contributed by atoms with E-state index in [-0.39, 0.29) is 17.7 Å². The van der Waals surface area contributed by atoms with Crippen molar-refractivity contribution in [3.05, 3.63) is 29.6 Å². The van der Waals surface area contributed by atoms with E-state index in [9.17, 15) is 18.8 Å². The summed E-state index contributed by atoms with van der Waals surface area (Å²) in [5.41, 5.74) is 0.970. The zero-order chi connectivity index (χ0) is 16.3. The number of hydrogen-bond acceptors (Lipinski definition) is 2. The van der Waals surface area contributed by atoms with Gasteiger partial charge in [0.1, 0.15) is 17.3 Å². The molecule has 1 N–H and O–H groups in total. The summed E-state index contributed by atoms with van der Waals surface area (Å²) in [6.07, 6.45) is 0.364. The summed E-state index contributed by atoms with van der Waals surface area (Å²) in [6, 6.07) is 4.65. The van der Waals surface area contributed by atoms with Crippen molar-refractivity contribution in [2.45, 2.75) is 32.6 Å². The molecule has 6 heteroatoms. The molecule has 0 atom stereocenters. The molecule has 22 heavy (non-hydrogen) atoms. The van der Waals surface area contributed by atoms with E-state index in [1.165, 1.54) is 11.0 Å². The summed E-state index contributed by atoms with van der Waals surface area (Å²) in [7, 11) is 0. The summed E-state index contributed by atoms with van der Waals surface area (Å²) < 4.78 is 25.8. The van der Waals surface area contributed by atoms with Crippen LogP contribution in [0.15, 0.2) is 18.2 Å². The number of amides is 1. The summed E-state index contributed by atoms with van der Waals surface area (Å²) in [5.74, 6) is 1.09. The topological polar surface area (TPSA) is 63.6 Å². The van der Waals surface area contributed by atoms with Crippen LogP contribution in [0.2, 0.25) is 0 Å². The Labute approximate surface area is 133 Å². The van der Waals surface area contributed by atoms with Crippen molar-refractivity contribution in [2.24, 2.45) is 5.92 Å². The van der Waals surface area contributed by atoms with Crippen molar-refractivity contribution in [3.63, 3.8) is 0 Å². The van der Waals surface area contributed by atoms with E-state index in [0.717, 1.165) is 12.8 Å². The third-order valence-corrected chi connectivity index (χ3v) is 5.28. The van der Waals surface area contributed by atoms with Gasteiger partial charge < -0.3 is 9.66 Å². The first-order chi connectivity index (χ1) is 10.4. The summed E-state index contributed by atoms with van der Waals surface area (Å²) in [4.78, 5) is 12.5. The Hall–Kier alpha value is -1.27. The van der Waals surface area contributed by atoms with Crippen molar-refractivity contribution in [2.75, 3.05) is 23.0 Å². The lowest BCUT2D eigenvalue weighted by atomic mass is 9.93. The van der Waals surface area contributed by atoms with Crippen LogP contribution in [0.1, 0.15) is 38.2 Å². The van der Waals surface area contributed by atoms with Gasteiger partial charge in [-0.25, -0.2) is 9.18 Å². The molecule has 1 amide bonds. The van der Waals surface area contributed by atoms with Crippen LogP contribution in [-0.4, -0.2) is 33.8 Å². The fourth-order valence-corrected chi connectivity index (χ4v) is 4.08. The van der Waals surface area contributed by atoms with Gasteiger partial charge in [-0.1, -0.05) is 31.1 Å². The van der Waals surface area contributed by atoms with E-state index >= 15 is 0 Å². The number of anilines is 1. The number of nitrogens with zero attached hydrogens (tertiary/aromatic N) is 1. The van der Waals surface area contributed by atoms with Crippen LogP contribution in [0.4, 0.5) is 14.9 Å². The van der Waals surface area contributed by atoms with Crippen LogP contribution in [-0.2, 0) is 11.2 Å². The third kappa shape index (κ3) is 4.14. The van der Waals surface area contributed by atoms with Gasteiger partial charge in [0.2, 0.25) is 0 Å². The van der Waals surface area contributed by atoms with Crippen LogP contribution in [0.3, 0.4) is 0 Å². The maximum atomic E-state index is 14.4. The van der Waals surface area contributed by atoms with Gasteiger partial charge in [0.15, 0.2) is 0 Å². The molecule has 2 rings (SSSR count). The van der Waals surface area contributed by atoms with Crippen molar-refractivity contribution in [3.8, 4) is 0 Å². The molecule has 0 bridgehead atoms. The molecule has 4 nitrogen and oxygen atoms in total. The van der Waals surface area contributed by atoms with Gasteiger partial charge in [-0.2, -0.15) is 0 Å². The van der Waals surface area contributed by atoms with Crippen LogP contribution in [0.25, 0.3) is 0 Å². The minimum absolute atomic E-state index is 0.0788. The van der Waals surface area contributed by atoms with Gasteiger partial charge >= 0.3 is 6.09 Å². The third-order valence-electron chi connectivity index (χ3n) is 3.90. The second kappa shape index (κ2) is 7.33. The van der Waals surface area contributed by atoms with Gasteiger partial charge in [0.05, 0.1) is 0 Å². The maximum absolute atomic E-state index is 14.4. The molecule has 1 heterocycles.